The predicted octanol–water partition coefficient (Wildman–Crippen LogP) is 2.21. The van der Waals surface area contributed by atoms with Crippen LogP contribution in [0.3, 0.4) is 0 Å². The molecule has 3 heterocycles. The number of anilines is 3. The van der Waals surface area contributed by atoms with Crippen molar-refractivity contribution in [3.63, 3.8) is 0 Å². The summed E-state index contributed by atoms with van der Waals surface area (Å²) in [5.41, 5.74) is 3.14. The highest BCUT2D eigenvalue weighted by Gasteiger charge is 2.18. The van der Waals surface area contributed by atoms with E-state index in [-0.39, 0.29) is 11.7 Å². The van der Waals surface area contributed by atoms with Gasteiger partial charge in [0.05, 0.1) is 19.0 Å². The number of aryl methyl sites for hydroxylation is 1. The van der Waals surface area contributed by atoms with Gasteiger partial charge in [-0.3, -0.25) is 9.13 Å². The number of aromatic nitrogens is 4. The molecule has 30 heavy (non-hydrogen) atoms. The van der Waals surface area contributed by atoms with E-state index in [1.54, 1.807) is 29.5 Å². The van der Waals surface area contributed by atoms with Crippen LogP contribution < -0.4 is 20.6 Å². The summed E-state index contributed by atoms with van der Waals surface area (Å²) in [5, 5.41) is 3.25. The maximum atomic E-state index is 12.5. The van der Waals surface area contributed by atoms with Crippen molar-refractivity contribution < 1.29 is 4.74 Å². The average Bonchev–Trinajstić information content (AvgIpc) is 2.99. The third kappa shape index (κ3) is 3.60. The number of ether oxygens (including phenoxy) is 1. The molecule has 160 valence electrons. The third-order valence-electron chi connectivity index (χ3n) is 5.65. The van der Waals surface area contributed by atoms with E-state index in [9.17, 15) is 4.79 Å². The van der Waals surface area contributed by atoms with Gasteiger partial charge in [-0.05, 0) is 33.0 Å². The maximum Gasteiger partial charge on any atom is 0.330 e. The van der Waals surface area contributed by atoms with Gasteiger partial charge in [-0.2, -0.15) is 4.98 Å². The summed E-state index contributed by atoms with van der Waals surface area (Å²) in [6.07, 6.45) is 1.68. The zero-order chi connectivity index (χ0) is 21.4. The van der Waals surface area contributed by atoms with Gasteiger partial charge in [-0.15, -0.1) is 0 Å². The number of imidazole rings is 1. The number of nitrogens with one attached hydrogen (secondary N) is 1. The van der Waals surface area contributed by atoms with Crippen LogP contribution in [0.2, 0.25) is 0 Å². The van der Waals surface area contributed by atoms with Crippen LogP contribution in [-0.4, -0.2) is 64.3 Å². The Balaban J connectivity index is 1.64. The smallest absolute Gasteiger partial charge is 0.330 e. The summed E-state index contributed by atoms with van der Waals surface area (Å²) in [7, 11) is 5.54. The Labute approximate surface area is 175 Å². The van der Waals surface area contributed by atoms with Crippen LogP contribution in [0, 0.1) is 0 Å². The molecule has 0 aliphatic carbocycles. The summed E-state index contributed by atoms with van der Waals surface area (Å²) in [6, 6.07) is 6.11. The van der Waals surface area contributed by atoms with Crippen molar-refractivity contribution in [1.82, 2.24) is 24.0 Å². The summed E-state index contributed by atoms with van der Waals surface area (Å²) < 4.78 is 8.88. The van der Waals surface area contributed by atoms with E-state index in [1.807, 2.05) is 26.0 Å². The molecule has 0 radical (unpaired) electrons. The number of nitrogens with zero attached hydrogens (tertiary/aromatic N) is 6. The number of hydrogen-bond donors (Lipinski definition) is 1. The van der Waals surface area contributed by atoms with Crippen LogP contribution in [-0.2, 0) is 7.05 Å². The second kappa shape index (κ2) is 7.98. The van der Waals surface area contributed by atoms with Crippen LogP contribution >= 0.6 is 0 Å². The van der Waals surface area contributed by atoms with Crippen LogP contribution in [0.4, 0.5) is 17.3 Å². The van der Waals surface area contributed by atoms with Crippen molar-refractivity contribution in [3.8, 4) is 5.75 Å². The van der Waals surface area contributed by atoms with E-state index < -0.39 is 0 Å². The molecule has 0 atom stereocenters. The van der Waals surface area contributed by atoms with E-state index in [2.05, 4.69) is 38.2 Å². The highest BCUT2D eigenvalue weighted by molar-refractivity contribution is 5.74. The predicted molar refractivity (Wildman–Crippen MR) is 119 cm³/mol. The first-order valence-corrected chi connectivity index (χ1v) is 10.2. The van der Waals surface area contributed by atoms with Gasteiger partial charge >= 0.3 is 5.69 Å². The first-order valence-electron chi connectivity index (χ1n) is 10.2. The summed E-state index contributed by atoms with van der Waals surface area (Å²) >= 11 is 0. The SMILES string of the molecule is COc1cc(N2CCN(C)CC2)ccc1Nc1ncc2c(n1)n(C(C)C)c(=O)n2C. The van der Waals surface area contributed by atoms with Gasteiger partial charge in [-0.1, -0.05) is 0 Å². The van der Waals surface area contributed by atoms with Crippen molar-refractivity contribution in [3.05, 3.63) is 34.9 Å². The molecule has 2 aromatic heterocycles. The fourth-order valence-corrected chi connectivity index (χ4v) is 3.83. The monoisotopic (exact) mass is 411 g/mol. The molecular weight excluding hydrogens is 382 g/mol. The van der Waals surface area contributed by atoms with E-state index in [4.69, 9.17) is 4.74 Å². The number of benzene rings is 1. The molecule has 9 nitrogen and oxygen atoms in total. The normalized spacial score (nSPS) is 15.2. The highest BCUT2D eigenvalue weighted by Crippen LogP contribution is 2.32. The molecule has 0 spiro atoms. The van der Waals surface area contributed by atoms with Gasteiger partial charge in [0.15, 0.2) is 5.65 Å². The molecule has 1 fully saturated rings. The number of hydrogen-bond acceptors (Lipinski definition) is 7. The Morgan fingerprint density at radius 3 is 2.53 bits per heavy atom. The fourth-order valence-electron chi connectivity index (χ4n) is 3.83. The molecule has 0 amide bonds. The molecule has 0 saturated carbocycles. The van der Waals surface area contributed by atoms with E-state index in [0.29, 0.717) is 17.1 Å². The minimum Gasteiger partial charge on any atom is -0.494 e. The average molecular weight is 412 g/mol. The van der Waals surface area contributed by atoms with E-state index in [1.165, 1.54) is 0 Å². The van der Waals surface area contributed by atoms with E-state index >= 15 is 0 Å². The molecule has 9 heteroatoms. The van der Waals surface area contributed by atoms with Crippen molar-refractivity contribution in [2.24, 2.45) is 7.05 Å². The second-order valence-electron chi connectivity index (χ2n) is 8.01. The lowest BCUT2D eigenvalue weighted by Gasteiger charge is -2.34. The van der Waals surface area contributed by atoms with Gasteiger partial charge in [0.25, 0.3) is 0 Å². The van der Waals surface area contributed by atoms with Gasteiger partial charge < -0.3 is 19.9 Å². The molecule has 1 aromatic carbocycles. The highest BCUT2D eigenvalue weighted by atomic mass is 16.5. The van der Waals surface area contributed by atoms with Crippen LogP contribution in [0.5, 0.6) is 5.75 Å². The number of methoxy groups -OCH3 is 1. The Morgan fingerprint density at radius 1 is 1.13 bits per heavy atom. The molecule has 0 bridgehead atoms. The Morgan fingerprint density at radius 2 is 1.87 bits per heavy atom. The van der Waals surface area contributed by atoms with Crippen molar-refractivity contribution >= 4 is 28.5 Å². The number of likely N-dealkylation sites (N-methyl/N-ethyl adjacent to an activating group) is 1. The number of fused-ring (bicyclic) bond motifs is 1. The van der Waals surface area contributed by atoms with Crippen molar-refractivity contribution in [2.45, 2.75) is 19.9 Å². The standard InChI is InChI=1S/C21H29N7O2/c1-14(2)28-19-17(26(4)21(28)29)13-22-20(24-19)23-16-7-6-15(12-18(16)30-5)27-10-8-25(3)9-11-27/h6-7,12-14H,8-11H2,1-5H3,(H,22,23,24). The molecular formula is C21H29N7O2. The number of rotatable bonds is 5. The molecule has 1 N–H and O–H groups in total. The molecule has 1 saturated heterocycles. The summed E-state index contributed by atoms with van der Waals surface area (Å²) in [4.78, 5) is 26.2. The topological polar surface area (TPSA) is 80.5 Å². The van der Waals surface area contributed by atoms with E-state index in [0.717, 1.165) is 43.3 Å². The third-order valence-corrected chi connectivity index (χ3v) is 5.65. The second-order valence-corrected chi connectivity index (χ2v) is 8.01. The minimum atomic E-state index is -0.0967. The molecule has 0 unspecified atom stereocenters. The van der Waals surface area contributed by atoms with Gasteiger partial charge in [0.2, 0.25) is 5.95 Å². The van der Waals surface area contributed by atoms with Gasteiger partial charge in [-0.25, -0.2) is 9.78 Å². The fraction of sp³-hybridized carbons (Fsp3) is 0.476. The largest absolute Gasteiger partial charge is 0.494 e. The molecule has 1 aliphatic rings. The molecule has 1 aliphatic heterocycles. The Bertz CT molecular complexity index is 1110. The zero-order valence-electron chi connectivity index (χ0n) is 18.2. The minimum absolute atomic E-state index is 0.00126. The van der Waals surface area contributed by atoms with Crippen molar-refractivity contribution in [1.29, 1.82) is 0 Å². The summed E-state index contributed by atoms with van der Waals surface area (Å²) in [5.74, 6) is 1.15. The van der Waals surface area contributed by atoms with Crippen LogP contribution in [0.15, 0.2) is 29.2 Å². The number of piperazine rings is 1. The Kier molecular flexibility index (Phi) is 5.38. The van der Waals surface area contributed by atoms with Gasteiger partial charge in [0.1, 0.15) is 11.3 Å². The lowest BCUT2D eigenvalue weighted by molar-refractivity contribution is 0.312. The van der Waals surface area contributed by atoms with Crippen molar-refractivity contribution in [2.75, 3.05) is 50.6 Å². The zero-order valence-corrected chi connectivity index (χ0v) is 18.2. The lowest BCUT2D eigenvalue weighted by Crippen LogP contribution is -2.44. The molecule has 3 aromatic rings. The first-order chi connectivity index (χ1) is 14.4. The maximum absolute atomic E-state index is 12.5. The Hall–Kier alpha value is -3.07. The summed E-state index contributed by atoms with van der Waals surface area (Å²) in [6.45, 7) is 8.02. The molecule has 4 rings (SSSR count). The van der Waals surface area contributed by atoms with Gasteiger partial charge in [0, 0.05) is 51.0 Å². The first kappa shape index (κ1) is 20.2. The van der Waals surface area contributed by atoms with Crippen LogP contribution in [0.25, 0.3) is 11.2 Å². The quantitative estimate of drug-likeness (QED) is 0.689. The lowest BCUT2D eigenvalue weighted by atomic mass is 10.2. The van der Waals surface area contributed by atoms with Crippen LogP contribution in [0.1, 0.15) is 19.9 Å².